The third-order valence-electron chi connectivity index (χ3n) is 3.60. The van der Waals surface area contributed by atoms with Crippen molar-refractivity contribution in [2.24, 2.45) is 0 Å². The van der Waals surface area contributed by atoms with E-state index < -0.39 is 0 Å². The number of benzene rings is 1. The van der Waals surface area contributed by atoms with Crippen molar-refractivity contribution in [3.63, 3.8) is 0 Å². The van der Waals surface area contributed by atoms with Crippen LogP contribution in [0, 0.1) is 13.8 Å². The number of aliphatic hydroxyl groups excluding tert-OH is 1. The van der Waals surface area contributed by atoms with Crippen molar-refractivity contribution < 1.29 is 9.84 Å². The molecule has 0 fully saturated rings. The first-order valence-corrected chi connectivity index (χ1v) is 6.98. The number of rotatable bonds is 5. The Morgan fingerprint density at radius 2 is 1.95 bits per heavy atom. The van der Waals surface area contributed by atoms with Gasteiger partial charge in [-0.15, -0.1) is 0 Å². The van der Waals surface area contributed by atoms with Gasteiger partial charge in [0.2, 0.25) is 0 Å². The van der Waals surface area contributed by atoms with Crippen LogP contribution in [0.1, 0.15) is 16.7 Å². The van der Waals surface area contributed by atoms with Crippen LogP contribution in [-0.2, 0) is 17.9 Å². The topological polar surface area (TPSA) is 51.5 Å². The lowest BCUT2D eigenvalue weighted by atomic mass is 10.0. The minimum atomic E-state index is -0.251. The summed E-state index contributed by atoms with van der Waals surface area (Å²) in [7, 11) is 1.61. The second-order valence-corrected chi connectivity index (χ2v) is 5.17. The minimum absolute atomic E-state index is 0.160. The van der Waals surface area contributed by atoms with Gasteiger partial charge in [0.05, 0.1) is 18.9 Å². The molecule has 1 N–H and O–H groups in total. The lowest BCUT2D eigenvalue weighted by molar-refractivity contribution is 0.186. The highest BCUT2D eigenvalue weighted by Gasteiger charge is 2.11. The Morgan fingerprint density at radius 1 is 1.19 bits per heavy atom. The molecule has 0 saturated heterocycles. The molecule has 0 atom stereocenters. The molecule has 0 unspecified atom stereocenters. The van der Waals surface area contributed by atoms with Crippen LogP contribution in [0.3, 0.4) is 0 Å². The Kier molecular flexibility index (Phi) is 4.94. The number of ether oxygens (including phenoxy) is 1. The molecule has 4 nitrogen and oxygen atoms in total. The van der Waals surface area contributed by atoms with Gasteiger partial charge in [0.15, 0.2) is 0 Å². The summed E-state index contributed by atoms with van der Waals surface area (Å²) in [6, 6.07) is 9.75. The van der Waals surface area contributed by atoms with Crippen LogP contribution in [0.4, 0.5) is 0 Å². The lowest BCUT2D eigenvalue weighted by Crippen LogP contribution is -2.27. The highest BCUT2D eigenvalue weighted by molar-refractivity contribution is 5.64. The SMILES string of the molecule is COCCn1c(-c2ccc(C)cc2C)ccc(CO)c1=O. The molecule has 0 aliphatic carbocycles. The summed E-state index contributed by atoms with van der Waals surface area (Å²) in [5.74, 6) is 0. The average molecular weight is 287 g/mol. The molecule has 0 amide bonds. The third kappa shape index (κ3) is 3.23. The molecular formula is C17H21NO3. The smallest absolute Gasteiger partial charge is 0.256 e. The largest absolute Gasteiger partial charge is 0.391 e. The molecule has 21 heavy (non-hydrogen) atoms. The Hall–Kier alpha value is -1.91. The van der Waals surface area contributed by atoms with Crippen LogP contribution in [0.25, 0.3) is 11.3 Å². The van der Waals surface area contributed by atoms with Crippen LogP contribution in [0.5, 0.6) is 0 Å². The Balaban J connectivity index is 2.61. The van der Waals surface area contributed by atoms with Crippen LogP contribution in [-0.4, -0.2) is 23.4 Å². The van der Waals surface area contributed by atoms with E-state index in [1.165, 1.54) is 5.56 Å². The van der Waals surface area contributed by atoms with E-state index in [0.717, 1.165) is 16.8 Å². The standard InChI is InChI=1S/C17H21NO3/c1-12-4-6-15(13(2)10-12)16-7-5-14(11-19)17(20)18(16)8-9-21-3/h4-7,10,19H,8-9,11H2,1-3H3. The quantitative estimate of drug-likeness (QED) is 0.918. The summed E-state index contributed by atoms with van der Waals surface area (Å²) in [5, 5.41) is 9.28. The van der Waals surface area contributed by atoms with Gasteiger partial charge in [-0.25, -0.2) is 0 Å². The number of hydrogen-bond acceptors (Lipinski definition) is 3. The maximum atomic E-state index is 12.4. The van der Waals surface area contributed by atoms with Gasteiger partial charge in [0.25, 0.3) is 5.56 Å². The van der Waals surface area contributed by atoms with Crippen LogP contribution in [0.2, 0.25) is 0 Å². The van der Waals surface area contributed by atoms with E-state index in [1.54, 1.807) is 17.7 Å². The zero-order valence-electron chi connectivity index (χ0n) is 12.7. The fourth-order valence-electron chi connectivity index (χ4n) is 2.48. The molecule has 0 saturated carbocycles. The predicted molar refractivity (Wildman–Crippen MR) is 83.4 cm³/mol. The molecule has 0 bridgehead atoms. The van der Waals surface area contributed by atoms with Gasteiger partial charge >= 0.3 is 0 Å². The van der Waals surface area contributed by atoms with Crippen LogP contribution < -0.4 is 5.56 Å². The minimum Gasteiger partial charge on any atom is -0.391 e. The number of nitrogens with zero attached hydrogens (tertiary/aromatic N) is 1. The molecular weight excluding hydrogens is 266 g/mol. The first-order chi connectivity index (χ1) is 10.1. The zero-order valence-corrected chi connectivity index (χ0v) is 12.7. The summed E-state index contributed by atoms with van der Waals surface area (Å²) in [5.41, 5.74) is 4.43. The van der Waals surface area contributed by atoms with Crippen molar-refractivity contribution in [2.75, 3.05) is 13.7 Å². The van der Waals surface area contributed by atoms with Crippen molar-refractivity contribution in [3.8, 4) is 11.3 Å². The first-order valence-electron chi connectivity index (χ1n) is 6.98. The zero-order chi connectivity index (χ0) is 15.4. The van der Waals surface area contributed by atoms with Gasteiger partial charge in [-0.1, -0.05) is 23.8 Å². The van der Waals surface area contributed by atoms with Gasteiger partial charge < -0.3 is 14.4 Å². The van der Waals surface area contributed by atoms with Crippen molar-refractivity contribution in [2.45, 2.75) is 27.0 Å². The van der Waals surface area contributed by atoms with Crippen molar-refractivity contribution in [3.05, 3.63) is 57.4 Å². The molecule has 0 aliphatic heterocycles. The summed E-state index contributed by atoms with van der Waals surface area (Å²) in [6.07, 6.45) is 0. The van der Waals surface area contributed by atoms with Gasteiger partial charge in [-0.2, -0.15) is 0 Å². The molecule has 2 aromatic rings. The molecule has 2 rings (SSSR count). The fraction of sp³-hybridized carbons (Fsp3) is 0.353. The predicted octanol–water partition coefficient (Wildman–Crippen LogP) is 2.27. The number of methoxy groups -OCH3 is 1. The summed E-state index contributed by atoms with van der Waals surface area (Å²) >= 11 is 0. The first kappa shape index (κ1) is 15.5. The van der Waals surface area contributed by atoms with E-state index in [-0.39, 0.29) is 12.2 Å². The van der Waals surface area contributed by atoms with Crippen LogP contribution >= 0.6 is 0 Å². The van der Waals surface area contributed by atoms with Gasteiger partial charge in [0, 0.05) is 24.8 Å². The Labute approximate surface area is 124 Å². The van der Waals surface area contributed by atoms with E-state index >= 15 is 0 Å². The number of aliphatic hydroxyl groups is 1. The van der Waals surface area contributed by atoms with E-state index in [2.05, 4.69) is 6.07 Å². The average Bonchev–Trinajstić information content (AvgIpc) is 2.46. The molecule has 0 aliphatic rings. The number of hydrogen-bond donors (Lipinski definition) is 1. The maximum Gasteiger partial charge on any atom is 0.256 e. The second-order valence-electron chi connectivity index (χ2n) is 5.17. The Morgan fingerprint density at radius 3 is 2.57 bits per heavy atom. The van der Waals surface area contributed by atoms with E-state index in [0.29, 0.717) is 18.7 Å². The van der Waals surface area contributed by atoms with Crippen molar-refractivity contribution in [1.82, 2.24) is 4.57 Å². The highest BCUT2D eigenvalue weighted by atomic mass is 16.5. The van der Waals surface area contributed by atoms with Gasteiger partial charge in [-0.05, 0) is 31.5 Å². The second kappa shape index (κ2) is 6.70. The van der Waals surface area contributed by atoms with Gasteiger partial charge in [-0.3, -0.25) is 4.79 Å². The summed E-state index contributed by atoms with van der Waals surface area (Å²) in [6.45, 7) is 4.74. The third-order valence-corrected chi connectivity index (χ3v) is 3.60. The van der Waals surface area contributed by atoms with E-state index in [9.17, 15) is 9.90 Å². The lowest BCUT2D eigenvalue weighted by Gasteiger charge is -2.16. The molecule has 4 heteroatoms. The molecule has 0 radical (unpaired) electrons. The normalized spacial score (nSPS) is 10.9. The fourth-order valence-corrected chi connectivity index (χ4v) is 2.48. The number of aromatic nitrogens is 1. The Bertz CT molecular complexity index is 689. The van der Waals surface area contributed by atoms with Crippen LogP contribution in [0.15, 0.2) is 35.1 Å². The summed E-state index contributed by atoms with van der Waals surface area (Å²) in [4.78, 5) is 12.4. The number of pyridine rings is 1. The van der Waals surface area contributed by atoms with Gasteiger partial charge in [0.1, 0.15) is 0 Å². The monoisotopic (exact) mass is 287 g/mol. The molecule has 1 aromatic heterocycles. The van der Waals surface area contributed by atoms with E-state index in [4.69, 9.17) is 4.74 Å². The van der Waals surface area contributed by atoms with Crippen molar-refractivity contribution in [1.29, 1.82) is 0 Å². The van der Waals surface area contributed by atoms with Crippen molar-refractivity contribution >= 4 is 0 Å². The molecule has 1 heterocycles. The molecule has 1 aromatic carbocycles. The molecule has 0 spiro atoms. The summed E-state index contributed by atoms with van der Waals surface area (Å²) < 4.78 is 6.77. The maximum absolute atomic E-state index is 12.4. The highest BCUT2D eigenvalue weighted by Crippen LogP contribution is 2.23. The number of aryl methyl sites for hydroxylation is 2. The van der Waals surface area contributed by atoms with E-state index in [1.807, 2.05) is 32.0 Å². The molecule has 112 valence electrons.